The minimum absolute atomic E-state index is 0.0608. The van der Waals surface area contributed by atoms with Crippen LogP contribution in [0.15, 0.2) is 85.0 Å². The average Bonchev–Trinajstić information content (AvgIpc) is 3.79. The number of hydrogen-bond acceptors (Lipinski definition) is 0. The van der Waals surface area contributed by atoms with Crippen LogP contribution in [0.5, 0.6) is 0 Å². The summed E-state index contributed by atoms with van der Waals surface area (Å²) in [4.78, 5) is 0. The minimum atomic E-state index is -6.75. The van der Waals surface area contributed by atoms with Crippen molar-refractivity contribution in [3.8, 4) is 0 Å². The third kappa shape index (κ3) is 5.65. The van der Waals surface area contributed by atoms with Gasteiger partial charge < -0.3 is 0 Å². The van der Waals surface area contributed by atoms with Crippen LogP contribution in [0.1, 0.15) is 97.9 Å². The molecule has 0 saturated heterocycles. The van der Waals surface area contributed by atoms with Crippen molar-refractivity contribution in [2.45, 2.75) is 160 Å². The Hall–Kier alpha value is -1.38. The first kappa shape index (κ1) is 46.7. The van der Waals surface area contributed by atoms with E-state index >= 15 is 0 Å². The Morgan fingerprint density at radius 2 is 0.965 bits per heavy atom. The fraction of sp³-hybridized carbons (Fsp3) is 0.564. The Labute approximate surface area is 329 Å². The van der Waals surface area contributed by atoms with Crippen LogP contribution in [0.25, 0.3) is 12.2 Å². The SMILES string of the molecule is CCCCC[C]1([Hf]([CH3])([CH3])([CH3])([CH3])([CH3])[CH]2C=CC=C2)C=Cc2cc(C)c(C)cc21.Cc1cc2c(cc1C)[C](C(C)(C)C)([Hf]([CH3])([CH3])([CH3])([CH3])([CH3])([CH3])([CH3])([CH3])([CH3])[CH]1C=CC=C1)C=C2. The second-order valence-corrected chi connectivity index (χ2v) is 277. The summed E-state index contributed by atoms with van der Waals surface area (Å²) >= 11 is -4.48. The summed E-state index contributed by atoms with van der Waals surface area (Å²) < 4.78 is 38.8. The van der Waals surface area contributed by atoms with E-state index in [0.717, 1.165) is 0 Å². The van der Waals surface area contributed by atoms with Gasteiger partial charge in [-0.2, -0.15) is 0 Å². The van der Waals surface area contributed by atoms with Gasteiger partial charge in [-0.3, -0.25) is 0 Å². The summed E-state index contributed by atoms with van der Waals surface area (Å²) in [5.74, 6) is 0. The molecule has 2 atom stereocenters. The van der Waals surface area contributed by atoms with Gasteiger partial charge in [-0.25, -0.2) is 0 Å². The van der Waals surface area contributed by atoms with Gasteiger partial charge in [-0.1, -0.05) is 0 Å². The first-order chi connectivity index (χ1) is 24.3. The van der Waals surface area contributed by atoms with Gasteiger partial charge in [-0.05, 0) is 0 Å². The van der Waals surface area contributed by atoms with Crippen LogP contribution in [0, 0.1) is 33.1 Å². The zero-order chi connectivity index (χ0) is 44.1. The molecule has 4 aliphatic rings. The van der Waals surface area contributed by atoms with E-state index in [4.69, 9.17) is 0 Å². The standard InChI is InChI=1S/C16H21.C15H19.2C5H5.14CH3.2Hf/c1-4-5-6-7-14-8-9-15-10-12(2)13(3)11-16(14)15;1-10-8-12-6-7-14(15(3,4)5)13(12)9-11(10)2;2*1-2-4-5-3-1;;;;;;;;;;;;;;;;/h8-11H,4-7H2,1-3H3;6-9H,1-5H3;2*1-5H;14*1H3;;. The van der Waals surface area contributed by atoms with Crippen molar-refractivity contribution in [2.24, 2.45) is 5.41 Å². The van der Waals surface area contributed by atoms with Crippen molar-refractivity contribution in [1.82, 2.24) is 0 Å². The van der Waals surface area contributed by atoms with Gasteiger partial charge in [0.1, 0.15) is 0 Å². The van der Waals surface area contributed by atoms with Crippen LogP contribution in [0.3, 0.4) is 0 Å². The molecule has 0 N–H and O–H groups in total. The van der Waals surface area contributed by atoms with E-state index in [9.17, 15) is 0 Å². The Kier molecular flexibility index (Phi) is 6.32. The maximum atomic E-state index is 2.73. The molecule has 320 valence electrons. The van der Waals surface area contributed by atoms with E-state index in [1.807, 2.05) is 0 Å². The number of aryl methyl sites for hydroxylation is 4. The molecule has 2 aromatic rings. The second-order valence-electron chi connectivity index (χ2n) is 44.6. The zero-order valence-electron chi connectivity index (χ0n) is 41.7. The third-order valence-electron chi connectivity index (χ3n) is 20.4. The predicted molar refractivity (Wildman–Crippen MR) is 263 cm³/mol. The fourth-order valence-corrected chi connectivity index (χ4v) is 100. The van der Waals surface area contributed by atoms with Gasteiger partial charge in [0.05, 0.1) is 0 Å². The van der Waals surface area contributed by atoms with Crippen LogP contribution < -0.4 is 0 Å². The van der Waals surface area contributed by atoms with Crippen molar-refractivity contribution in [3.63, 3.8) is 0 Å². The number of fused-ring (bicyclic) bond motifs is 2. The molecule has 0 saturated carbocycles. The molecule has 0 bridgehead atoms. The van der Waals surface area contributed by atoms with Gasteiger partial charge in [0.15, 0.2) is 0 Å². The van der Waals surface area contributed by atoms with E-state index in [-0.39, 0.29) is 15.4 Å². The number of unbranched alkanes of at least 4 members (excludes halogenated alkanes) is 2. The molecule has 0 heterocycles. The number of hydrogen-bond donors (Lipinski definition) is 0. The second kappa shape index (κ2) is 7.72. The zero-order valence-corrected chi connectivity index (χ0v) is 48.9. The van der Waals surface area contributed by atoms with Crippen molar-refractivity contribution >= 4 is 12.2 Å². The summed E-state index contributed by atoms with van der Waals surface area (Å²) in [5, 5.41) is 0. The van der Waals surface area contributed by atoms with Crippen LogP contribution in [-0.4, -0.2) is 0 Å². The van der Waals surface area contributed by atoms with Crippen LogP contribution >= 0.6 is 0 Å². The fourth-order valence-electron chi connectivity index (χ4n) is 16.7. The van der Waals surface area contributed by atoms with E-state index < -0.39 is 25.3 Å². The molecule has 4 aliphatic carbocycles. The predicted octanol–water partition coefficient (Wildman–Crippen LogP) is 19.8. The molecular formula is C55H92Hf2. The quantitative estimate of drug-likeness (QED) is 0.183. The Morgan fingerprint density at radius 1 is 0.561 bits per heavy atom. The van der Waals surface area contributed by atoms with E-state index in [1.54, 1.807) is 5.56 Å². The summed E-state index contributed by atoms with van der Waals surface area (Å²) in [6, 6.07) is 9.89. The number of benzene rings is 2. The van der Waals surface area contributed by atoms with Crippen molar-refractivity contribution < 1.29 is 25.3 Å². The molecule has 0 aliphatic heterocycles. The molecule has 0 nitrogen and oxygen atoms in total. The molecule has 0 fully saturated rings. The average molecular weight is 1110 g/mol. The number of rotatable bonds is 8. The first-order valence-corrected chi connectivity index (χ1v) is 81.4. The maximum absolute atomic E-state index is 6.75. The van der Waals surface area contributed by atoms with Crippen LogP contribution in [0.4, 0.5) is 0 Å². The van der Waals surface area contributed by atoms with E-state index in [1.165, 1.54) is 64.6 Å². The van der Waals surface area contributed by atoms with E-state index in [0.29, 0.717) is 3.67 Å². The molecule has 0 aromatic heterocycles. The van der Waals surface area contributed by atoms with Crippen LogP contribution in [0.2, 0.25) is 72.9 Å². The molecule has 57 heavy (non-hydrogen) atoms. The molecule has 0 spiro atoms. The molecule has 6 rings (SSSR count). The van der Waals surface area contributed by atoms with Gasteiger partial charge in [0.2, 0.25) is 0 Å². The summed E-state index contributed by atoms with van der Waals surface area (Å²) in [7, 11) is -6.75. The number of allylic oxidation sites excluding steroid dienone is 10. The van der Waals surface area contributed by atoms with Gasteiger partial charge in [-0.15, -0.1) is 0 Å². The Bertz CT molecular complexity index is 2480. The summed E-state index contributed by atoms with van der Waals surface area (Å²) in [6.45, 7) is 18.8. The van der Waals surface area contributed by atoms with E-state index in [2.05, 4.69) is 218 Å². The Balaban J connectivity index is 0.000000219. The van der Waals surface area contributed by atoms with Crippen molar-refractivity contribution in [2.75, 3.05) is 0 Å². The Morgan fingerprint density at radius 3 is 1.42 bits per heavy atom. The molecule has 2 heteroatoms. The van der Waals surface area contributed by atoms with Gasteiger partial charge >= 0.3 is 333 Å². The molecular weight excluding hydrogens is 1020 g/mol. The van der Waals surface area contributed by atoms with Crippen LogP contribution in [-0.2, 0) is 31.6 Å². The van der Waals surface area contributed by atoms with Gasteiger partial charge in [0, 0.05) is 0 Å². The van der Waals surface area contributed by atoms with Gasteiger partial charge in [0.25, 0.3) is 0 Å². The first-order valence-electron chi connectivity index (χ1n) is 23.4. The summed E-state index contributed by atoms with van der Waals surface area (Å²) in [5.41, 5.74) is 11.5. The summed E-state index contributed by atoms with van der Waals surface area (Å²) in [6.07, 6.45) is 34.4. The third-order valence-corrected chi connectivity index (χ3v) is 111. The molecule has 0 radical (unpaired) electrons. The molecule has 0 amide bonds. The van der Waals surface area contributed by atoms with Crippen molar-refractivity contribution in [3.05, 3.63) is 130 Å². The molecule has 2 aromatic carbocycles. The topological polar surface area (TPSA) is 0 Å². The normalized spacial score (nSPS) is 29.9. The van der Waals surface area contributed by atoms with Crippen molar-refractivity contribution in [1.29, 1.82) is 0 Å². The monoisotopic (exact) mass is 1110 g/mol. The molecule has 2 unspecified atom stereocenters.